The monoisotopic (exact) mass is 359 g/mol. The normalized spacial score (nSPS) is 39.8. The minimum Gasteiger partial charge on any atom is -0.468 e. The lowest BCUT2D eigenvalue weighted by molar-refractivity contribution is -0.285. The number of carbonyl (C=O) groups excluding carboxylic acids is 3. The Morgan fingerprint density at radius 3 is 2.46 bits per heavy atom. The van der Waals surface area contributed by atoms with E-state index in [1.807, 2.05) is 30.3 Å². The summed E-state index contributed by atoms with van der Waals surface area (Å²) in [4.78, 5) is 40.2. The highest BCUT2D eigenvalue weighted by atomic mass is 16.8. The van der Waals surface area contributed by atoms with Crippen LogP contribution in [-0.4, -0.2) is 46.9 Å². The zero-order valence-corrected chi connectivity index (χ0v) is 15.2. The average molecular weight is 359 g/mol. The maximum absolute atomic E-state index is 13.2. The van der Waals surface area contributed by atoms with Crippen LogP contribution in [0.5, 0.6) is 0 Å². The minimum atomic E-state index is -1.50. The molecule has 0 spiro atoms. The van der Waals surface area contributed by atoms with Crippen LogP contribution in [0.15, 0.2) is 30.3 Å². The van der Waals surface area contributed by atoms with E-state index in [-0.39, 0.29) is 18.7 Å². The third-order valence-corrected chi connectivity index (χ3v) is 6.12. The molecule has 4 rings (SSSR count). The van der Waals surface area contributed by atoms with Gasteiger partial charge in [0.15, 0.2) is 11.0 Å². The Labute approximate surface area is 151 Å². The SMILES string of the molecule is COC(=O)[C@]12C[C@]3(C)O[C@@]1(C)OC(=O)[C@]2(Cc1ccccc1)N3C(C)=O. The van der Waals surface area contributed by atoms with Gasteiger partial charge in [-0.15, -0.1) is 0 Å². The van der Waals surface area contributed by atoms with Crippen LogP contribution in [0.4, 0.5) is 0 Å². The first-order chi connectivity index (χ1) is 12.2. The first kappa shape index (κ1) is 17.0. The Kier molecular flexibility index (Phi) is 3.18. The fourth-order valence-electron chi connectivity index (χ4n) is 5.47. The molecule has 0 radical (unpaired) electrons. The predicted octanol–water partition coefficient (Wildman–Crippen LogP) is 1.40. The van der Waals surface area contributed by atoms with Gasteiger partial charge in [-0.2, -0.15) is 0 Å². The quantitative estimate of drug-likeness (QED) is 0.759. The smallest absolute Gasteiger partial charge is 0.336 e. The van der Waals surface area contributed by atoms with Gasteiger partial charge in [-0.3, -0.25) is 14.5 Å². The molecule has 3 aliphatic heterocycles. The maximum Gasteiger partial charge on any atom is 0.336 e. The summed E-state index contributed by atoms with van der Waals surface area (Å²) in [6, 6.07) is 9.27. The number of carbonyl (C=O) groups is 3. The van der Waals surface area contributed by atoms with E-state index in [2.05, 4.69) is 0 Å². The van der Waals surface area contributed by atoms with E-state index >= 15 is 0 Å². The minimum absolute atomic E-state index is 0.140. The second-order valence-electron chi connectivity index (χ2n) is 7.56. The highest BCUT2D eigenvalue weighted by Gasteiger charge is 2.92. The van der Waals surface area contributed by atoms with Gasteiger partial charge in [0.25, 0.3) is 0 Å². The molecule has 0 unspecified atom stereocenters. The number of nitrogens with zero attached hydrogens (tertiary/aromatic N) is 1. The molecule has 3 heterocycles. The van der Waals surface area contributed by atoms with Gasteiger partial charge in [0.05, 0.1) is 7.11 Å². The van der Waals surface area contributed by atoms with Crippen LogP contribution < -0.4 is 0 Å². The maximum atomic E-state index is 13.2. The number of methoxy groups -OCH3 is 1. The first-order valence-electron chi connectivity index (χ1n) is 8.54. The number of hydrogen-bond donors (Lipinski definition) is 0. The lowest BCUT2D eigenvalue weighted by Crippen LogP contribution is -2.70. The molecule has 3 saturated heterocycles. The van der Waals surface area contributed by atoms with Gasteiger partial charge in [0.2, 0.25) is 11.7 Å². The molecular formula is C19H21NO6. The number of esters is 2. The van der Waals surface area contributed by atoms with Crippen LogP contribution in [0.25, 0.3) is 0 Å². The summed E-state index contributed by atoms with van der Waals surface area (Å²) >= 11 is 0. The highest BCUT2D eigenvalue weighted by Crippen LogP contribution is 2.72. The Morgan fingerprint density at radius 2 is 1.88 bits per heavy atom. The van der Waals surface area contributed by atoms with Crippen LogP contribution in [0.3, 0.4) is 0 Å². The zero-order valence-electron chi connectivity index (χ0n) is 15.2. The second kappa shape index (κ2) is 4.85. The third-order valence-electron chi connectivity index (χ3n) is 6.12. The Balaban J connectivity index is 2.01. The standard InChI is InChI=1S/C19H21NO6/c1-12(21)20-16(2)11-18(14(22)24-4)17(3,26-16)25-15(23)19(18,20)10-13-8-6-5-7-9-13/h5-9H,10-11H2,1-4H3/t16-,17+,18+,19-/m0/s1. The summed E-state index contributed by atoms with van der Waals surface area (Å²) < 4.78 is 16.7. The third kappa shape index (κ3) is 1.60. The van der Waals surface area contributed by atoms with Crippen LogP contribution >= 0.6 is 0 Å². The lowest BCUT2D eigenvalue weighted by Gasteiger charge is -2.49. The van der Waals surface area contributed by atoms with Crippen molar-refractivity contribution in [2.45, 2.75) is 50.7 Å². The van der Waals surface area contributed by atoms with Crippen molar-refractivity contribution in [3.05, 3.63) is 35.9 Å². The van der Waals surface area contributed by atoms with Crippen molar-refractivity contribution in [3.8, 4) is 0 Å². The van der Waals surface area contributed by atoms with Gasteiger partial charge in [-0.25, -0.2) is 4.79 Å². The van der Waals surface area contributed by atoms with E-state index in [4.69, 9.17) is 14.2 Å². The van der Waals surface area contributed by atoms with Crippen molar-refractivity contribution in [2.75, 3.05) is 7.11 Å². The fourth-order valence-corrected chi connectivity index (χ4v) is 5.47. The number of benzene rings is 1. The molecule has 1 amide bonds. The largest absolute Gasteiger partial charge is 0.468 e. The fraction of sp³-hybridized carbons (Fsp3) is 0.526. The summed E-state index contributed by atoms with van der Waals surface area (Å²) in [7, 11) is 1.27. The summed E-state index contributed by atoms with van der Waals surface area (Å²) in [6.07, 6.45) is 0.289. The molecule has 2 bridgehead atoms. The highest BCUT2D eigenvalue weighted by molar-refractivity contribution is 6.01. The molecule has 138 valence electrons. The number of rotatable bonds is 3. The summed E-state index contributed by atoms with van der Waals surface area (Å²) in [5, 5.41) is 0. The van der Waals surface area contributed by atoms with Gasteiger partial charge in [0.1, 0.15) is 5.72 Å². The van der Waals surface area contributed by atoms with E-state index in [0.717, 1.165) is 5.56 Å². The number of likely N-dealkylation sites (tertiary alicyclic amines) is 1. The van der Waals surface area contributed by atoms with Crippen molar-refractivity contribution in [1.82, 2.24) is 4.90 Å². The van der Waals surface area contributed by atoms with Crippen LogP contribution in [0.2, 0.25) is 0 Å². The van der Waals surface area contributed by atoms with Gasteiger partial charge >= 0.3 is 11.9 Å². The van der Waals surface area contributed by atoms with Gasteiger partial charge in [-0.1, -0.05) is 30.3 Å². The van der Waals surface area contributed by atoms with Crippen molar-refractivity contribution in [2.24, 2.45) is 5.41 Å². The molecule has 1 aromatic carbocycles. The molecule has 3 fully saturated rings. The van der Waals surface area contributed by atoms with Gasteiger partial charge in [0, 0.05) is 26.7 Å². The van der Waals surface area contributed by atoms with Crippen LogP contribution in [0.1, 0.15) is 32.8 Å². The lowest BCUT2D eigenvalue weighted by atomic mass is 9.64. The zero-order chi connectivity index (χ0) is 19.0. The van der Waals surface area contributed by atoms with E-state index in [9.17, 15) is 14.4 Å². The summed E-state index contributed by atoms with van der Waals surface area (Å²) in [6.45, 7) is 4.67. The molecule has 0 N–H and O–H groups in total. The number of fused-ring (bicyclic) bond motifs is 1. The Bertz CT molecular complexity index is 825. The van der Waals surface area contributed by atoms with E-state index < -0.39 is 34.4 Å². The Morgan fingerprint density at radius 1 is 1.23 bits per heavy atom. The van der Waals surface area contributed by atoms with Crippen molar-refractivity contribution >= 4 is 17.8 Å². The number of amides is 1. The van der Waals surface area contributed by atoms with E-state index in [1.54, 1.807) is 13.8 Å². The topological polar surface area (TPSA) is 82.1 Å². The number of ether oxygens (including phenoxy) is 3. The molecule has 1 aromatic rings. The Hall–Kier alpha value is -2.41. The first-order valence-corrected chi connectivity index (χ1v) is 8.54. The van der Waals surface area contributed by atoms with E-state index in [0.29, 0.717) is 0 Å². The molecule has 26 heavy (non-hydrogen) atoms. The molecule has 7 heteroatoms. The molecule has 4 atom stereocenters. The second-order valence-corrected chi connectivity index (χ2v) is 7.56. The average Bonchev–Trinajstić information content (AvgIpc) is 2.99. The molecule has 7 nitrogen and oxygen atoms in total. The van der Waals surface area contributed by atoms with Crippen molar-refractivity contribution < 1.29 is 28.6 Å². The van der Waals surface area contributed by atoms with Crippen molar-refractivity contribution in [3.63, 3.8) is 0 Å². The summed E-state index contributed by atoms with van der Waals surface area (Å²) in [5.74, 6) is -3.07. The van der Waals surface area contributed by atoms with E-state index in [1.165, 1.54) is 18.9 Å². The van der Waals surface area contributed by atoms with Gasteiger partial charge in [-0.05, 0) is 12.5 Å². The van der Waals surface area contributed by atoms with Crippen LogP contribution in [0, 0.1) is 5.41 Å². The number of hydrogen-bond acceptors (Lipinski definition) is 6. The van der Waals surface area contributed by atoms with Gasteiger partial charge < -0.3 is 14.2 Å². The molecule has 0 aromatic heterocycles. The molecule has 0 aliphatic carbocycles. The predicted molar refractivity (Wildman–Crippen MR) is 88.5 cm³/mol. The molecule has 3 aliphatic rings. The van der Waals surface area contributed by atoms with Crippen LogP contribution in [-0.2, 0) is 35.0 Å². The molecule has 0 saturated carbocycles. The molecular weight excluding hydrogens is 338 g/mol. The van der Waals surface area contributed by atoms with Crippen molar-refractivity contribution in [1.29, 1.82) is 0 Å². The summed E-state index contributed by atoms with van der Waals surface area (Å²) in [5.41, 5.74) is -3.24.